The van der Waals surface area contributed by atoms with Gasteiger partial charge in [-0.1, -0.05) is 60.7 Å². The second-order valence-electron chi connectivity index (χ2n) is 10.8. The minimum Gasteiger partial charge on any atom is -0.370 e. The summed E-state index contributed by atoms with van der Waals surface area (Å²) in [5.74, 6) is 0. The van der Waals surface area contributed by atoms with Crippen LogP contribution in [0.5, 0.6) is 0 Å². The van der Waals surface area contributed by atoms with E-state index in [2.05, 4.69) is 77.7 Å². The van der Waals surface area contributed by atoms with Crippen molar-refractivity contribution in [1.29, 1.82) is 5.26 Å². The molecule has 1 aliphatic heterocycles. The quantitative estimate of drug-likeness (QED) is 0.230. The van der Waals surface area contributed by atoms with Crippen LogP contribution < -0.4 is 4.90 Å². The molecule has 0 radical (unpaired) electrons. The second kappa shape index (κ2) is 8.30. The maximum absolute atomic E-state index is 10.6. The molecule has 3 nitrogen and oxygen atoms in total. The fourth-order valence-corrected chi connectivity index (χ4v) is 7.08. The summed E-state index contributed by atoms with van der Waals surface area (Å²) in [7, 11) is 0. The van der Waals surface area contributed by atoms with Gasteiger partial charge in [0.2, 0.25) is 0 Å². The lowest BCUT2D eigenvalue weighted by Gasteiger charge is -2.33. The highest BCUT2D eigenvalue weighted by atomic mass is 15.1. The van der Waals surface area contributed by atoms with Crippen molar-refractivity contribution in [3.05, 3.63) is 95.8 Å². The number of benzene rings is 5. The Morgan fingerprint density at radius 3 is 2.29 bits per heavy atom. The summed E-state index contributed by atoms with van der Waals surface area (Å²) in [6, 6.07) is 29.4. The number of anilines is 1. The lowest BCUT2D eigenvalue weighted by atomic mass is 9.79. The number of pyridine rings is 1. The summed E-state index contributed by atoms with van der Waals surface area (Å²) in [4.78, 5) is 7.17. The monoisotopic (exact) mass is 489 g/mol. The zero-order chi connectivity index (χ0) is 25.2. The van der Waals surface area contributed by atoms with E-state index in [0.29, 0.717) is 0 Å². The Bertz CT molecular complexity index is 1910. The van der Waals surface area contributed by atoms with Crippen LogP contribution in [-0.4, -0.2) is 18.1 Å². The van der Waals surface area contributed by atoms with Crippen molar-refractivity contribution >= 4 is 38.0 Å². The molecule has 3 heteroatoms. The smallest absolute Gasteiger partial charge is 0.102 e. The molecule has 1 fully saturated rings. The van der Waals surface area contributed by atoms with Crippen LogP contribution in [-0.2, 0) is 12.8 Å². The van der Waals surface area contributed by atoms with Crippen LogP contribution in [0.2, 0.25) is 0 Å². The number of hydrogen-bond donors (Lipinski definition) is 0. The second-order valence-corrected chi connectivity index (χ2v) is 10.8. The van der Waals surface area contributed by atoms with Crippen molar-refractivity contribution in [1.82, 2.24) is 4.98 Å². The van der Waals surface area contributed by atoms with E-state index in [1.165, 1.54) is 68.3 Å². The Hall–Kier alpha value is -4.42. The van der Waals surface area contributed by atoms with E-state index in [1.54, 1.807) is 0 Å². The van der Waals surface area contributed by atoms with Gasteiger partial charge in [-0.15, -0.1) is 0 Å². The van der Waals surface area contributed by atoms with E-state index < -0.39 is 0 Å². The van der Waals surface area contributed by atoms with Crippen LogP contribution in [0.3, 0.4) is 0 Å². The van der Waals surface area contributed by atoms with Gasteiger partial charge in [0.05, 0.1) is 11.3 Å². The molecule has 0 saturated carbocycles. The van der Waals surface area contributed by atoms with Crippen molar-refractivity contribution in [2.75, 3.05) is 18.0 Å². The van der Waals surface area contributed by atoms with Gasteiger partial charge in [0.25, 0.3) is 0 Å². The Morgan fingerprint density at radius 1 is 0.711 bits per heavy atom. The molecule has 5 aromatic carbocycles. The van der Waals surface area contributed by atoms with Crippen LogP contribution in [0, 0.1) is 11.3 Å². The Kier molecular flexibility index (Phi) is 4.73. The highest BCUT2D eigenvalue weighted by molar-refractivity contribution is 6.25. The zero-order valence-corrected chi connectivity index (χ0v) is 21.3. The molecule has 1 aromatic heterocycles. The van der Waals surface area contributed by atoms with Crippen LogP contribution in [0.15, 0.2) is 79.0 Å². The summed E-state index contributed by atoms with van der Waals surface area (Å²) in [5, 5.41) is 18.4. The predicted molar refractivity (Wildman–Crippen MR) is 157 cm³/mol. The number of piperidine rings is 1. The summed E-state index contributed by atoms with van der Waals surface area (Å²) >= 11 is 0. The van der Waals surface area contributed by atoms with E-state index in [-0.39, 0.29) is 0 Å². The number of hydrogen-bond acceptors (Lipinski definition) is 3. The van der Waals surface area contributed by atoms with Crippen molar-refractivity contribution in [2.24, 2.45) is 0 Å². The number of aryl methyl sites for hydroxylation is 1. The van der Waals surface area contributed by atoms with E-state index in [0.717, 1.165) is 54.0 Å². The molecule has 6 aromatic rings. The molecule has 2 aliphatic rings. The van der Waals surface area contributed by atoms with Gasteiger partial charge in [-0.25, -0.2) is 0 Å². The van der Waals surface area contributed by atoms with Gasteiger partial charge in [0.15, 0.2) is 0 Å². The molecule has 0 spiro atoms. The lowest BCUT2D eigenvalue weighted by Crippen LogP contribution is -2.30. The summed E-state index contributed by atoms with van der Waals surface area (Å²) in [6.07, 6.45) is 7.29. The predicted octanol–water partition coefficient (Wildman–Crippen LogP) is 8.27. The van der Waals surface area contributed by atoms with Gasteiger partial charge in [0.1, 0.15) is 6.07 Å². The Labute approximate surface area is 222 Å². The van der Waals surface area contributed by atoms with Crippen molar-refractivity contribution in [3.63, 3.8) is 0 Å². The van der Waals surface area contributed by atoms with E-state index >= 15 is 0 Å². The van der Waals surface area contributed by atoms with Gasteiger partial charge in [-0.3, -0.25) is 4.98 Å². The minimum absolute atomic E-state index is 0.817. The maximum Gasteiger partial charge on any atom is 0.102 e. The zero-order valence-electron chi connectivity index (χ0n) is 21.3. The van der Waals surface area contributed by atoms with Crippen molar-refractivity contribution in [2.45, 2.75) is 32.1 Å². The molecule has 0 N–H and O–H groups in total. The molecule has 8 rings (SSSR count). The van der Waals surface area contributed by atoms with Gasteiger partial charge in [-0.2, -0.15) is 5.26 Å². The van der Waals surface area contributed by atoms with Gasteiger partial charge in [-0.05, 0) is 93.2 Å². The highest BCUT2D eigenvalue weighted by Gasteiger charge is 2.29. The highest BCUT2D eigenvalue weighted by Crippen LogP contribution is 2.47. The van der Waals surface area contributed by atoms with Gasteiger partial charge in [0, 0.05) is 36.1 Å². The number of nitrogens with zero attached hydrogens (tertiary/aromatic N) is 3. The van der Waals surface area contributed by atoms with E-state index in [9.17, 15) is 5.26 Å². The molecule has 38 heavy (non-hydrogen) atoms. The number of rotatable bonds is 2. The molecule has 182 valence electrons. The van der Waals surface area contributed by atoms with Crippen molar-refractivity contribution in [3.8, 4) is 28.3 Å². The van der Waals surface area contributed by atoms with Crippen LogP contribution >= 0.6 is 0 Å². The Balaban J connectivity index is 1.49. The average molecular weight is 490 g/mol. The third kappa shape index (κ3) is 3.04. The van der Waals surface area contributed by atoms with E-state index in [4.69, 9.17) is 4.98 Å². The normalized spacial score (nSPS) is 15.1. The van der Waals surface area contributed by atoms with Crippen LogP contribution in [0.25, 0.3) is 54.6 Å². The molecular formula is C35H27N3. The fraction of sp³-hybridized carbons (Fsp3) is 0.200. The maximum atomic E-state index is 10.6. The molecule has 2 heterocycles. The number of aromatic nitrogens is 1. The van der Waals surface area contributed by atoms with Crippen LogP contribution in [0.4, 0.5) is 5.69 Å². The number of nitriles is 1. The largest absolute Gasteiger partial charge is 0.370 e. The third-order valence-corrected chi connectivity index (χ3v) is 8.81. The molecular weight excluding hydrogens is 462 g/mol. The fourth-order valence-electron chi connectivity index (χ4n) is 7.08. The lowest BCUT2D eigenvalue weighted by molar-refractivity contribution is 0.577. The number of fused-ring (bicyclic) bond motifs is 3. The minimum atomic E-state index is 0.817. The van der Waals surface area contributed by atoms with E-state index in [1.807, 2.05) is 12.3 Å². The average Bonchev–Trinajstić information content (AvgIpc) is 2.99. The first kappa shape index (κ1) is 21.6. The molecule has 0 amide bonds. The topological polar surface area (TPSA) is 39.9 Å². The standard InChI is InChI=1S/C35H27N3/c36-21-30-32(38-18-2-1-3-19-38)20-29(27-15-16-31-28(35(27)30)8-5-17-37-31)25-13-11-24-10-9-22-6-4-7-23-12-14-26(25)34(24)33(22)23/h4-14,17,20H,1-3,15-16,18-19H2. The first-order valence-corrected chi connectivity index (χ1v) is 13.8. The first-order valence-electron chi connectivity index (χ1n) is 13.8. The van der Waals surface area contributed by atoms with Crippen LogP contribution in [0.1, 0.15) is 36.1 Å². The molecule has 0 unspecified atom stereocenters. The van der Waals surface area contributed by atoms with Gasteiger partial charge < -0.3 is 4.90 Å². The van der Waals surface area contributed by atoms with Crippen molar-refractivity contribution < 1.29 is 0 Å². The molecule has 0 bridgehead atoms. The molecule has 0 atom stereocenters. The summed E-state index contributed by atoms with van der Waals surface area (Å²) in [6.45, 7) is 2.01. The third-order valence-electron chi connectivity index (χ3n) is 8.81. The summed E-state index contributed by atoms with van der Waals surface area (Å²) < 4.78 is 0. The Morgan fingerprint density at radius 2 is 1.47 bits per heavy atom. The first-order chi connectivity index (χ1) is 18.8. The molecule has 1 saturated heterocycles. The van der Waals surface area contributed by atoms with Gasteiger partial charge >= 0.3 is 0 Å². The molecule has 1 aliphatic carbocycles. The summed E-state index contributed by atoms with van der Waals surface area (Å²) in [5.41, 5.74) is 9.06. The SMILES string of the molecule is N#Cc1c(N2CCCCC2)cc(-c2ccc3ccc4cccc5ccc2c3c45)c2c1-c1cccnc1CC2.